The van der Waals surface area contributed by atoms with Gasteiger partial charge in [-0.05, 0) is 64.7 Å². The molecule has 3 aliphatic heterocycles. The molecule has 5 aromatic carbocycles. The predicted molar refractivity (Wildman–Crippen MR) is 239 cm³/mol. The Kier molecular flexibility index (Phi) is 11.9. The number of para-hydroxylation sites is 1. The van der Waals surface area contributed by atoms with Gasteiger partial charge in [0.25, 0.3) is 0 Å². The lowest BCUT2D eigenvalue weighted by molar-refractivity contribution is -0.178. The lowest BCUT2D eigenvalue weighted by Crippen LogP contribution is -2.53. The highest BCUT2D eigenvalue weighted by atomic mass is 32.1. The Morgan fingerprint density at radius 3 is 2.26 bits per heavy atom. The summed E-state index contributed by atoms with van der Waals surface area (Å²) in [7, 11) is 2.33. The lowest BCUT2D eigenvalue weighted by Gasteiger charge is -2.46. The molecule has 0 bridgehead atoms. The average Bonchev–Trinajstić information content (AvgIpc) is 3.99. The van der Waals surface area contributed by atoms with Crippen LogP contribution >= 0.6 is 11.3 Å². The molecule has 6 aromatic rings. The average molecular weight is 891 g/mol. The number of benzene rings is 5. The number of aromatic nitrogens is 1. The largest absolute Gasteiger partial charge is 0.491 e. The highest BCUT2D eigenvalue weighted by Gasteiger charge is 2.74. The van der Waals surface area contributed by atoms with Crippen molar-refractivity contribution in [3.8, 4) is 17.6 Å². The number of aliphatic hydroxyl groups excluding tert-OH is 1. The number of esters is 3. The number of fused-ring (bicyclic) bond motifs is 4. The van der Waals surface area contributed by atoms with E-state index in [1.54, 1.807) is 36.4 Å². The summed E-state index contributed by atoms with van der Waals surface area (Å²) in [5.74, 6) is 0.0792. The number of ether oxygens (including phenoxy) is 4. The summed E-state index contributed by atoms with van der Waals surface area (Å²) in [6.07, 6.45) is -1.11. The maximum Gasteiger partial charge on any atom is 0.324 e. The Morgan fingerprint density at radius 2 is 1.55 bits per heavy atom. The highest BCUT2D eigenvalue weighted by molar-refractivity contribution is 7.22. The van der Waals surface area contributed by atoms with E-state index >= 15 is 14.4 Å². The molecule has 9 rings (SSSR count). The molecule has 3 N–H and O–H groups in total. The van der Waals surface area contributed by atoms with Crippen LogP contribution in [-0.2, 0) is 43.6 Å². The maximum absolute atomic E-state index is 15.6. The fourth-order valence-corrected chi connectivity index (χ4v) is 10.4. The van der Waals surface area contributed by atoms with Gasteiger partial charge in [0.15, 0.2) is 11.0 Å². The molecular formula is C50H42N4O10S. The molecule has 2 saturated heterocycles. The molecule has 328 valence electrons. The van der Waals surface area contributed by atoms with Crippen molar-refractivity contribution in [3.63, 3.8) is 0 Å². The topological polar surface area (TPSA) is 183 Å². The number of cyclic esters (lactones) is 1. The van der Waals surface area contributed by atoms with Crippen LogP contribution in [0.2, 0.25) is 0 Å². The van der Waals surface area contributed by atoms with E-state index < -0.39 is 71.2 Å². The Balaban J connectivity index is 1.29. The molecule has 0 aliphatic carbocycles. The molecule has 0 radical (unpaired) electrons. The van der Waals surface area contributed by atoms with Gasteiger partial charge in [0.05, 0.1) is 49.0 Å². The zero-order chi connectivity index (χ0) is 45.2. The number of nitrogens with zero attached hydrogens (tertiary/aromatic N) is 2. The fraction of sp³-hybridized carbons (Fsp3) is 0.240. The van der Waals surface area contributed by atoms with E-state index in [9.17, 15) is 14.7 Å². The number of thiazole rings is 1. The van der Waals surface area contributed by atoms with Crippen LogP contribution in [0.1, 0.15) is 52.4 Å². The molecular weight excluding hydrogens is 849 g/mol. The van der Waals surface area contributed by atoms with Crippen LogP contribution in [0.5, 0.6) is 5.75 Å². The third-order valence-corrected chi connectivity index (χ3v) is 13.1. The van der Waals surface area contributed by atoms with Crippen LogP contribution in [0, 0.1) is 23.7 Å². The van der Waals surface area contributed by atoms with Crippen molar-refractivity contribution >= 4 is 62.1 Å². The van der Waals surface area contributed by atoms with Crippen LogP contribution in [-0.4, -0.2) is 78.2 Å². The molecule has 1 aromatic heterocycles. The first-order chi connectivity index (χ1) is 31.7. The third kappa shape index (κ3) is 7.65. The number of nitrogens with one attached hydrogen (secondary N) is 2. The number of methoxy groups -OCH3 is 2. The first kappa shape index (κ1) is 42.9. The van der Waals surface area contributed by atoms with Gasteiger partial charge in [-0.3, -0.25) is 28.9 Å². The first-order valence-electron chi connectivity index (χ1n) is 20.9. The van der Waals surface area contributed by atoms with E-state index in [0.29, 0.717) is 39.2 Å². The molecule has 1 spiro atoms. The Hall–Kier alpha value is -7.38. The zero-order valence-corrected chi connectivity index (χ0v) is 36.0. The van der Waals surface area contributed by atoms with Gasteiger partial charge < -0.3 is 34.7 Å². The second kappa shape index (κ2) is 18.0. The molecule has 0 unspecified atom stereocenters. The molecule has 4 heterocycles. The molecule has 2 amide bonds. The summed E-state index contributed by atoms with van der Waals surface area (Å²) in [5.41, 5.74) is 1.97. The van der Waals surface area contributed by atoms with Crippen LogP contribution in [0.3, 0.4) is 0 Å². The van der Waals surface area contributed by atoms with Crippen LogP contribution < -0.4 is 15.4 Å². The summed E-state index contributed by atoms with van der Waals surface area (Å²) in [4.78, 5) is 78.0. The summed E-state index contributed by atoms with van der Waals surface area (Å²) in [6.45, 7) is -0.258. The molecule has 15 heteroatoms. The second-order valence-corrected chi connectivity index (χ2v) is 16.7. The summed E-state index contributed by atoms with van der Waals surface area (Å²) in [5, 5.41) is 16.1. The van der Waals surface area contributed by atoms with Crippen molar-refractivity contribution in [1.82, 2.24) is 9.88 Å². The zero-order valence-electron chi connectivity index (χ0n) is 35.1. The standard InChI is InChI=1S/C50H42N4O10S/c1-61-45(57)34(46(58)62-2)20-11-13-29-23-24-36-35(27-29)50(48(60)51-36)39(44(56)53-49-52-37-21-9-10-22-38(37)65-49)41-47(59)64-42(31-16-7-4-8-17-31)40(30-14-5-3-6-15-30)54(41)43(50)32-18-12-19-33(28-32)63-26-25-55/h3-10,12,14-19,21-24,27-28,34,39-43,55H,20,25-26H2,1-2H3,(H,51,60)(H,52,53,56)/t39-,40-,41-,42+,43+,50-/m0/s1. The molecule has 14 nitrogen and oxygen atoms in total. The molecule has 3 aliphatic rings. The quantitative estimate of drug-likeness (QED) is 0.0574. The van der Waals surface area contributed by atoms with E-state index in [1.165, 1.54) is 25.6 Å². The lowest BCUT2D eigenvalue weighted by atomic mass is 9.65. The second-order valence-electron chi connectivity index (χ2n) is 15.7. The summed E-state index contributed by atoms with van der Waals surface area (Å²) in [6, 6.07) is 35.3. The minimum absolute atomic E-state index is 0.00793. The van der Waals surface area contributed by atoms with E-state index in [1.807, 2.05) is 95.9 Å². The van der Waals surface area contributed by atoms with Crippen molar-refractivity contribution in [2.24, 2.45) is 11.8 Å². The van der Waals surface area contributed by atoms with Crippen molar-refractivity contribution in [2.75, 3.05) is 38.1 Å². The highest BCUT2D eigenvalue weighted by Crippen LogP contribution is 2.65. The maximum atomic E-state index is 15.6. The monoisotopic (exact) mass is 890 g/mol. The van der Waals surface area contributed by atoms with Gasteiger partial charge in [0.2, 0.25) is 11.8 Å². The smallest absolute Gasteiger partial charge is 0.324 e. The number of anilines is 2. The number of rotatable bonds is 11. The Bertz CT molecular complexity index is 2830. The number of amides is 2. The molecule has 0 saturated carbocycles. The van der Waals surface area contributed by atoms with Crippen molar-refractivity contribution in [2.45, 2.75) is 36.1 Å². The number of aliphatic hydroxyl groups is 1. The summed E-state index contributed by atoms with van der Waals surface area (Å²) < 4.78 is 22.9. The van der Waals surface area contributed by atoms with Crippen LogP contribution in [0.4, 0.5) is 10.8 Å². The van der Waals surface area contributed by atoms with Gasteiger partial charge in [-0.15, -0.1) is 0 Å². The van der Waals surface area contributed by atoms with Crippen LogP contribution in [0.15, 0.2) is 127 Å². The van der Waals surface area contributed by atoms with Crippen molar-refractivity contribution < 1.29 is 48.0 Å². The van der Waals surface area contributed by atoms with Crippen molar-refractivity contribution in [3.05, 3.63) is 155 Å². The van der Waals surface area contributed by atoms with E-state index in [-0.39, 0.29) is 24.8 Å². The van der Waals surface area contributed by atoms with Gasteiger partial charge in [-0.1, -0.05) is 108 Å². The molecule has 2 fully saturated rings. The van der Waals surface area contributed by atoms with Gasteiger partial charge >= 0.3 is 17.9 Å². The van der Waals surface area contributed by atoms with E-state index in [4.69, 9.17) is 23.9 Å². The van der Waals surface area contributed by atoms with Gasteiger partial charge in [0, 0.05) is 17.7 Å². The number of carbonyl (C=O) groups excluding carboxylic acids is 5. The Morgan fingerprint density at radius 1 is 0.862 bits per heavy atom. The predicted octanol–water partition coefficient (Wildman–Crippen LogP) is 6.28. The number of hydrogen-bond acceptors (Lipinski definition) is 13. The number of carbonyl (C=O) groups is 5. The summed E-state index contributed by atoms with van der Waals surface area (Å²) >= 11 is 1.26. The number of morpholine rings is 1. The van der Waals surface area contributed by atoms with Gasteiger partial charge in [-0.25, -0.2) is 4.98 Å². The molecule has 65 heavy (non-hydrogen) atoms. The van der Waals surface area contributed by atoms with E-state index in [2.05, 4.69) is 22.5 Å². The van der Waals surface area contributed by atoms with Gasteiger partial charge in [-0.2, -0.15) is 0 Å². The molecule has 6 atom stereocenters. The van der Waals surface area contributed by atoms with Gasteiger partial charge in [0.1, 0.15) is 29.9 Å². The van der Waals surface area contributed by atoms with Crippen LogP contribution in [0.25, 0.3) is 10.2 Å². The minimum atomic E-state index is -1.87. The third-order valence-electron chi connectivity index (χ3n) is 12.2. The Labute approximate surface area is 377 Å². The fourth-order valence-electron chi connectivity index (χ4n) is 9.52. The first-order valence-corrected chi connectivity index (χ1v) is 21.7. The number of hydrogen-bond donors (Lipinski definition) is 3. The minimum Gasteiger partial charge on any atom is -0.491 e. The SMILES string of the molecule is COC(=O)C(CC#Cc1ccc2c(c1)[C@]1(C(=O)N2)[C@H](C(=O)Nc2nc3ccccc3s2)[C@H]2C(=O)O[C@H](c3ccccc3)[C@H](c3ccccc3)N2[C@@H]1c1cccc(OCCO)c1)C(=O)OC. The normalized spacial score (nSPS) is 22.0. The van der Waals surface area contributed by atoms with Crippen molar-refractivity contribution in [1.29, 1.82) is 0 Å². The van der Waals surface area contributed by atoms with E-state index in [0.717, 1.165) is 10.3 Å².